The third kappa shape index (κ3) is 3.23. The lowest BCUT2D eigenvalue weighted by Crippen LogP contribution is -2.14. The molecule has 0 aliphatic rings. The van der Waals surface area contributed by atoms with Crippen LogP contribution in [0.25, 0.3) is 0 Å². The average Bonchev–Trinajstić information content (AvgIpc) is 2.01. The second kappa shape index (κ2) is 3.85. The molecule has 1 heterocycles. The maximum Gasteiger partial charge on any atom is 0.396 e. The molecule has 0 aromatic carbocycles. The van der Waals surface area contributed by atoms with Crippen molar-refractivity contribution < 1.29 is 22.0 Å². The van der Waals surface area contributed by atoms with E-state index in [-0.39, 0.29) is 0 Å². The van der Waals surface area contributed by atoms with Crippen molar-refractivity contribution in [1.29, 1.82) is 0 Å². The molecule has 1 aromatic rings. The van der Waals surface area contributed by atoms with Crippen molar-refractivity contribution in [2.24, 2.45) is 0 Å². The first-order valence-corrected chi connectivity index (χ1v) is 3.47. The summed E-state index contributed by atoms with van der Waals surface area (Å²) in [6, 6.07) is 1.95. The Morgan fingerprint density at radius 3 is 2.50 bits per heavy atom. The lowest BCUT2D eigenvalue weighted by Gasteiger charge is -2.05. The van der Waals surface area contributed by atoms with Gasteiger partial charge in [0.05, 0.1) is 0 Å². The minimum atomic E-state index is -4.50. The zero-order valence-electron chi connectivity index (χ0n) is 6.65. The molecule has 1 rings (SSSR count). The third-order valence-corrected chi connectivity index (χ3v) is 1.24. The molecule has 1 aromatic heterocycles. The number of aromatic nitrogens is 2. The van der Waals surface area contributed by atoms with E-state index in [2.05, 4.69) is 9.97 Å². The fraction of sp³-hybridized carbons (Fsp3) is 0.429. The molecule has 0 N–H and O–H groups in total. The number of hydrogen-bond acceptors (Lipinski definition) is 2. The predicted octanol–water partition coefficient (Wildman–Crippen LogP) is 2.32. The van der Waals surface area contributed by atoms with Crippen LogP contribution in [0.4, 0.5) is 22.0 Å². The quantitative estimate of drug-likeness (QED) is 0.701. The molecule has 0 aliphatic heterocycles. The molecule has 0 atom stereocenters. The average molecular weight is 211 g/mol. The van der Waals surface area contributed by atoms with Crippen LogP contribution >= 0.6 is 0 Å². The molecule has 14 heavy (non-hydrogen) atoms. The van der Waals surface area contributed by atoms with Crippen molar-refractivity contribution in [1.82, 2.24) is 9.97 Å². The second-order valence-electron chi connectivity index (χ2n) is 2.41. The molecular formula is C7H4F5N2. The van der Waals surface area contributed by atoms with Gasteiger partial charge in [0.25, 0.3) is 6.43 Å². The molecule has 0 saturated heterocycles. The van der Waals surface area contributed by atoms with Gasteiger partial charge in [-0.05, 0) is 0 Å². The van der Waals surface area contributed by atoms with E-state index in [4.69, 9.17) is 0 Å². The van der Waals surface area contributed by atoms with Gasteiger partial charge in [0.15, 0.2) is 0 Å². The number of rotatable bonds is 2. The van der Waals surface area contributed by atoms with Crippen molar-refractivity contribution >= 4 is 0 Å². The molecule has 0 fully saturated rings. The van der Waals surface area contributed by atoms with Gasteiger partial charge >= 0.3 is 6.18 Å². The summed E-state index contributed by atoms with van der Waals surface area (Å²) >= 11 is 0. The van der Waals surface area contributed by atoms with E-state index in [0.717, 1.165) is 6.20 Å². The van der Waals surface area contributed by atoms with Gasteiger partial charge in [0, 0.05) is 12.3 Å². The molecule has 0 bridgehead atoms. The Morgan fingerprint density at radius 2 is 2.00 bits per heavy atom. The van der Waals surface area contributed by atoms with Gasteiger partial charge in [-0.2, -0.15) is 13.2 Å². The fourth-order valence-electron chi connectivity index (χ4n) is 0.749. The van der Waals surface area contributed by atoms with Crippen LogP contribution in [0.15, 0.2) is 6.20 Å². The fourth-order valence-corrected chi connectivity index (χ4v) is 0.749. The second-order valence-corrected chi connectivity index (χ2v) is 2.41. The molecule has 77 valence electrons. The highest BCUT2D eigenvalue weighted by atomic mass is 19.4. The molecule has 7 heteroatoms. The smallest absolute Gasteiger partial charge is 0.240 e. The number of halogens is 5. The summed E-state index contributed by atoms with van der Waals surface area (Å²) in [5, 5.41) is 0. The minimum Gasteiger partial charge on any atom is -0.240 e. The molecule has 1 radical (unpaired) electrons. The standard InChI is InChI=1S/C7H4F5N2/c8-6(9)4-1-2-13-5(14-4)3-7(10,11)12/h2,6H,3H2. The van der Waals surface area contributed by atoms with Gasteiger partial charge in [0.2, 0.25) is 0 Å². The summed E-state index contributed by atoms with van der Waals surface area (Å²) in [5.41, 5.74) is -0.820. The molecule has 0 unspecified atom stereocenters. The van der Waals surface area contributed by atoms with Crippen molar-refractivity contribution in [3.05, 3.63) is 23.8 Å². The van der Waals surface area contributed by atoms with Gasteiger partial charge in [-0.1, -0.05) is 0 Å². The number of alkyl halides is 5. The highest BCUT2D eigenvalue weighted by Crippen LogP contribution is 2.20. The van der Waals surface area contributed by atoms with E-state index in [1.165, 1.54) is 0 Å². The van der Waals surface area contributed by atoms with Crippen LogP contribution < -0.4 is 0 Å². The van der Waals surface area contributed by atoms with Gasteiger partial charge in [-0.25, -0.2) is 18.7 Å². The van der Waals surface area contributed by atoms with Crippen LogP contribution in [-0.4, -0.2) is 16.1 Å². The van der Waals surface area contributed by atoms with Crippen LogP contribution in [0.1, 0.15) is 17.9 Å². The summed E-state index contributed by atoms with van der Waals surface area (Å²) in [4.78, 5) is 6.21. The first-order chi connectivity index (χ1) is 6.38. The van der Waals surface area contributed by atoms with E-state index in [1.807, 2.05) is 6.07 Å². The summed E-state index contributed by atoms with van der Waals surface area (Å²) in [7, 11) is 0. The van der Waals surface area contributed by atoms with Crippen LogP contribution in [-0.2, 0) is 6.42 Å². The first-order valence-electron chi connectivity index (χ1n) is 3.47. The Hall–Kier alpha value is -1.27. The molecule has 0 aliphatic carbocycles. The van der Waals surface area contributed by atoms with Crippen molar-refractivity contribution in [2.75, 3.05) is 0 Å². The molecule has 0 amide bonds. The molecule has 0 spiro atoms. The Balaban J connectivity index is 2.84. The monoisotopic (exact) mass is 211 g/mol. The zero-order chi connectivity index (χ0) is 10.8. The topological polar surface area (TPSA) is 25.8 Å². The Bertz CT molecular complexity index is 309. The predicted molar refractivity (Wildman–Crippen MR) is 35.6 cm³/mol. The van der Waals surface area contributed by atoms with Gasteiger partial charge in [-0.3, -0.25) is 0 Å². The van der Waals surface area contributed by atoms with Crippen molar-refractivity contribution in [3.63, 3.8) is 0 Å². The van der Waals surface area contributed by atoms with E-state index < -0.39 is 30.5 Å². The Labute approximate surface area is 75.8 Å². The zero-order valence-corrected chi connectivity index (χ0v) is 6.65. The van der Waals surface area contributed by atoms with Crippen molar-refractivity contribution in [2.45, 2.75) is 19.0 Å². The maximum absolute atomic E-state index is 12.0. The molecule has 2 nitrogen and oxygen atoms in total. The highest BCUT2D eigenvalue weighted by Gasteiger charge is 2.29. The normalized spacial score (nSPS) is 12.1. The van der Waals surface area contributed by atoms with Crippen LogP contribution in [0, 0.1) is 6.07 Å². The summed E-state index contributed by atoms with van der Waals surface area (Å²) < 4.78 is 59.3. The van der Waals surface area contributed by atoms with E-state index in [1.54, 1.807) is 0 Å². The molecular weight excluding hydrogens is 207 g/mol. The van der Waals surface area contributed by atoms with Crippen LogP contribution in [0.5, 0.6) is 0 Å². The van der Waals surface area contributed by atoms with E-state index in [0.29, 0.717) is 0 Å². The SMILES string of the molecule is FC(F)c1[c]cnc(CC(F)(F)F)n1. The molecule has 0 saturated carbocycles. The van der Waals surface area contributed by atoms with Crippen LogP contribution in [0.3, 0.4) is 0 Å². The highest BCUT2D eigenvalue weighted by molar-refractivity contribution is 5.02. The third-order valence-electron chi connectivity index (χ3n) is 1.24. The van der Waals surface area contributed by atoms with Crippen LogP contribution in [0.2, 0.25) is 0 Å². The van der Waals surface area contributed by atoms with Gasteiger partial charge in [0.1, 0.15) is 17.9 Å². The van der Waals surface area contributed by atoms with E-state index in [9.17, 15) is 22.0 Å². The lowest BCUT2D eigenvalue weighted by atomic mass is 10.3. The minimum absolute atomic E-state index is 0.674. The maximum atomic E-state index is 12.0. The largest absolute Gasteiger partial charge is 0.396 e. The number of hydrogen-bond donors (Lipinski definition) is 0. The van der Waals surface area contributed by atoms with Gasteiger partial charge < -0.3 is 0 Å². The lowest BCUT2D eigenvalue weighted by molar-refractivity contribution is -0.128. The van der Waals surface area contributed by atoms with Gasteiger partial charge in [-0.15, -0.1) is 0 Å². The Morgan fingerprint density at radius 1 is 1.36 bits per heavy atom. The first kappa shape index (κ1) is 10.8. The summed E-state index contributed by atoms with van der Waals surface area (Å²) in [5.74, 6) is -0.674. The summed E-state index contributed by atoms with van der Waals surface area (Å²) in [6.07, 6.45) is -8.09. The Kier molecular flexibility index (Phi) is 2.97. The van der Waals surface area contributed by atoms with Crippen molar-refractivity contribution in [3.8, 4) is 0 Å². The van der Waals surface area contributed by atoms with E-state index >= 15 is 0 Å². The number of nitrogens with zero attached hydrogens (tertiary/aromatic N) is 2. The summed E-state index contributed by atoms with van der Waals surface area (Å²) in [6.45, 7) is 0.